The van der Waals surface area contributed by atoms with Crippen LogP contribution in [0.3, 0.4) is 0 Å². The number of aryl methyl sites for hydroxylation is 3. The van der Waals surface area contributed by atoms with E-state index >= 15 is 0 Å². The molecule has 33 heavy (non-hydrogen) atoms. The van der Waals surface area contributed by atoms with E-state index < -0.39 is 10.8 Å². The molecule has 1 aliphatic rings. The van der Waals surface area contributed by atoms with Gasteiger partial charge in [-0.05, 0) is 56.7 Å². The molecule has 1 fully saturated rings. The molecule has 3 rings (SSSR count). The molecule has 8 heteroatoms. The number of piperidine rings is 1. The van der Waals surface area contributed by atoms with Crippen LogP contribution in [0.15, 0.2) is 30.3 Å². The fraction of sp³-hybridized carbons (Fsp3) is 0.440. The molecule has 0 atom stereocenters. The van der Waals surface area contributed by atoms with Crippen LogP contribution in [0.2, 0.25) is 0 Å². The van der Waals surface area contributed by atoms with Gasteiger partial charge < -0.3 is 15.1 Å². The van der Waals surface area contributed by atoms with Gasteiger partial charge in [0.2, 0.25) is 5.91 Å². The number of nitro benzene ring substituents is 1. The molecule has 1 saturated heterocycles. The van der Waals surface area contributed by atoms with Crippen molar-refractivity contribution in [3.63, 3.8) is 0 Å². The SMILES string of the molecule is Cc1cc(C)c(NC(=O)CN(C)C(=O)c2cc([N+](=O)[O-])ccc2N2CCC(C)CC2)c(C)c1. The van der Waals surface area contributed by atoms with Crippen LogP contribution < -0.4 is 10.2 Å². The summed E-state index contributed by atoms with van der Waals surface area (Å²) in [4.78, 5) is 40.3. The summed E-state index contributed by atoms with van der Waals surface area (Å²) in [6.07, 6.45) is 2.00. The normalized spacial score (nSPS) is 14.2. The van der Waals surface area contributed by atoms with Crippen molar-refractivity contribution < 1.29 is 14.5 Å². The molecule has 0 aromatic heterocycles. The molecule has 1 aliphatic heterocycles. The molecule has 2 aromatic rings. The number of carbonyl (C=O) groups excluding carboxylic acids is 2. The van der Waals surface area contributed by atoms with Gasteiger partial charge in [0.1, 0.15) is 0 Å². The Hall–Kier alpha value is -3.42. The topological polar surface area (TPSA) is 95.8 Å². The molecule has 0 aliphatic carbocycles. The van der Waals surface area contributed by atoms with E-state index in [4.69, 9.17) is 0 Å². The number of benzene rings is 2. The molecule has 176 valence electrons. The van der Waals surface area contributed by atoms with Gasteiger partial charge in [-0.1, -0.05) is 24.6 Å². The third kappa shape index (κ3) is 5.69. The highest BCUT2D eigenvalue weighted by Crippen LogP contribution is 2.30. The molecule has 0 saturated carbocycles. The van der Waals surface area contributed by atoms with Gasteiger partial charge in [-0.25, -0.2) is 0 Å². The zero-order valence-electron chi connectivity index (χ0n) is 20.0. The highest BCUT2D eigenvalue weighted by molar-refractivity contribution is 6.03. The van der Waals surface area contributed by atoms with E-state index in [0.717, 1.165) is 48.3 Å². The number of nitrogens with zero attached hydrogens (tertiary/aromatic N) is 3. The van der Waals surface area contributed by atoms with E-state index in [9.17, 15) is 19.7 Å². The Morgan fingerprint density at radius 3 is 2.30 bits per heavy atom. The van der Waals surface area contributed by atoms with Gasteiger partial charge in [-0.3, -0.25) is 19.7 Å². The molecule has 0 radical (unpaired) electrons. The summed E-state index contributed by atoms with van der Waals surface area (Å²) in [5, 5.41) is 14.3. The Balaban J connectivity index is 1.80. The van der Waals surface area contributed by atoms with Gasteiger partial charge in [0.15, 0.2) is 0 Å². The average Bonchev–Trinajstić information content (AvgIpc) is 2.75. The third-order valence-corrected chi connectivity index (χ3v) is 6.21. The average molecular weight is 453 g/mol. The maximum Gasteiger partial charge on any atom is 0.270 e. The van der Waals surface area contributed by atoms with Crippen molar-refractivity contribution in [2.75, 3.05) is 36.9 Å². The molecule has 2 amide bonds. The second kappa shape index (κ2) is 10.0. The fourth-order valence-corrected chi connectivity index (χ4v) is 4.38. The van der Waals surface area contributed by atoms with Gasteiger partial charge >= 0.3 is 0 Å². The molecular formula is C25H32N4O4. The van der Waals surface area contributed by atoms with Crippen LogP contribution >= 0.6 is 0 Å². The number of nitro groups is 1. The zero-order valence-corrected chi connectivity index (χ0v) is 20.0. The molecule has 1 N–H and O–H groups in total. The Bertz CT molecular complexity index is 1050. The number of anilines is 2. The van der Waals surface area contributed by atoms with Crippen LogP contribution in [0, 0.1) is 36.8 Å². The Morgan fingerprint density at radius 2 is 1.73 bits per heavy atom. The Kier molecular flexibility index (Phi) is 7.36. The molecule has 0 spiro atoms. The van der Waals surface area contributed by atoms with Gasteiger partial charge in [0.25, 0.3) is 11.6 Å². The minimum Gasteiger partial charge on any atom is -0.371 e. The molecule has 0 bridgehead atoms. The van der Waals surface area contributed by atoms with Crippen LogP contribution in [0.1, 0.15) is 46.8 Å². The Labute approximate surface area is 194 Å². The summed E-state index contributed by atoms with van der Waals surface area (Å²) in [5.41, 5.74) is 4.54. The van der Waals surface area contributed by atoms with Gasteiger partial charge in [-0.15, -0.1) is 0 Å². The number of non-ortho nitro benzene ring substituents is 1. The predicted molar refractivity (Wildman–Crippen MR) is 130 cm³/mol. The summed E-state index contributed by atoms with van der Waals surface area (Å²) < 4.78 is 0. The summed E-state index contributed by atoms with van der Waals surface area (Å²) in [6.45, 7) is 9.47. The smallest absolute Gasteiger partial charge is 0.270 e. The van der Waals surface area contributed by atoms with Crippen LogP contribution in [-0.2, 0) is 4.79 Å². The van der Waals surface area contributed by atoms with E-state index in [0.29, 0.717) is 11.6 Å². The summed E-state index contributed by atoms with van der Waals surface area (Å²) in [7, 11) is 1.54. The first kappa shape index (κ1) is 24.2. The zero-order chi connectivity index (χ0) is 24.3. The monoisotopic (exact) mass is 452 g/mol. The van der Waals surface area contributed by atoms with Crippen molar-refractivity contribution in [1.29, 1.82) is 0 Å². The van der Waals surface area contributed by atoms with Crippen molar-refractivity contribution in [3.8, 4) is 0 Å². The van der Waals surface area contributed by atoms with Crippen LogP contribution in [0.5, 0.6) is 0 Å². The molecule has 1 heterocycles. The number of hydrogen-bond acceptors (Lipinski definition) is 5. The first-order chi connectivity index (χ1) is 15.6. The first-order valence-electron chi connectivity index (χ1n) is 11.2. The minimum absolute atomic E-state index is 0.142. The van der Waals surface area contributed by atoms with Crippen LogP contribution in [-0.4, -0.2) is 48.3 Å². The van der Waals surface area contributed by atoms with E-state index in [2.05, 4.69) is 17.1 Å². The standard InChI is InChI=1S/C25H32N4O4/c1-16-8-10-28(11-9-16)22-7-6-20(29(32)33)14-21(22)25(31)27(5)15-23(30)26-24-18(3)12-17(2)13-19(24)4/h6-7,12-14,16H,8-11,15H2,1-5H3,(H,26,30). The van der Waals surface area contributed by atoms with Crippen molar-refractivity contribution >= 4 is 28.9 Å². The van der Waals surface area contributed by atoms with Crippen molar-refractivity contribution in [1.82, 2.24) is 4.90 Å². The number of rotatable bonds is 6. The molecule has 2 aromatic carbocycles. The molecule has 8 nitrogen and oxygen atoms in total. The number of amides is 2. The highest BCUT2D eigenvalue weighted by atomic mass is 16.6. The maximum atomic E-state index is 13.3. The summed E-state index contributed by atoms with van der Waals surface area (Å²) in [6, 6.07) is 8.38. The summed E-state index contributed by atoms with van der Waals surface area (Å²) in [5.74, 6) is -0.127. The lowest BCUT2D eigenvalue weighted by molar-refractivity contribution is -0.384. The van der Waals surface area contributed by atoms with Gasteiger partial charge in [0, 0.05) is 38.0 Å². The fourth-order valence-electron chi connectivity index (χ4n) is 4.38. The van der Waals surface area contributed by atoms with Crippen molar-refractivity contribution in [2.24, 2.45) is 5.92 Å². The van der Waals surface area contributed by atoms with Crippen LogP contribution in [0.25, 0.3) is 0 Å². The number of hydrogen-bond donors (Lipinski definition) is 1. The number of nitrogens with one attached hydrogen (secondary N) is 1. The van der Waals surface area contributed by atoms with Gasteiger partial charge in [0.05, 0.1) is 22.7 Å². The lowest BCUT2D eigenvalue weighted by Gasteiger charge is -2.33. The minimum atomic E-state index is -0.505. The highest BCUT2D eigenvalue weighted by Gasteiger charge is 2.26. The summed E-state index contributed by atoms with van der Waals surface area (Å²) >= 11 is 0. The number of likely N-dealkylation sites (N-methyl/N-ethyl adjacent to an activating group) is 1. The maximum absolute atomic E-state index is 13.3. The predicted octanol–water partition coefficient (Wildman–Crippen LogP) is 4.47. The largest absolute Gasteiger partial charge is 0.371 e. The second-order valence-corrected chi connectivity index (χ2v) is 9.11. The van der Waals surface area contributed by atoms with E-state index in [1.165, 1.54) is 24.1 Å². The lowest BCUT2D eigenvalue weighted by atomic mass is 9.97. The Morgan fingerprint density at radius 1 is 1.12 bits per heavy atom. The molecule has 0 unspecified atom stereocenters. The van der Waals surface area contributed by atoms with Gasteiger partial charge in [-0.2, -0.15) is 0 Å². The van der Waals surface area contributed by atoms with E-state index in [1.54, 1.807) is 6.07 Å². The quantitative estimate of drug-likeness (QED) is 0.515. The third-order valence-electron chi connectivity index (χ3n) is 6.21. The lowest BCUT2D eigenvalue weighted by Crippen LogP contribution is -2.38. The second-order valence-electron chi connectivity index (χ2n) is 9.11. The first-order valence-corrected chi connectivity index (χ1v) is 11.2. The van der Waals surface area contributed by atoms with Crippen molar-refractivity contribution in [3.05, 3.63) is 62.7 Å². The molecular weight excluding hydrogens is 420 g/mol. The van der Waals surface area contributed by atoms with Crippen molar-refractivity contribution in [2.45, 2.75) is 40.5 Å². The van der Waals surface area contributed by atoms with Crippen LogP contribution in [0.4, 0.5) is 17.1 Å². The van der Waals surface area contributed by atoms with E-state index in [-0.39, 0.29) is 23.7 Å². The number of carbonyl (C=O) groups is 2. The van der Waals surface area contributed by atoms with E-state index in [1.807, 2.05) is 32.9 Å².